The lowest BCUT2D eigenvalue weighted by molar-refractivity contribution is 0.629. The van der Waals surface area contributed by atoms with Crippen LogP contribution in [-0.2, 0) is 5.88 Å². The van der Waals surface area contributed by atoms with Gasteiger partial charge in [0, 0.05) is 6.20 Å². The van der Waals surface area contributed by atoms with E-state index in [9.17, 15) is 0 Å². The van der Waals surface area contributed by atoms with E-state index in [1.165, 1.54) is 11.1 Å². The van der Waals surface area contributed by atoms with E-state index in [0.717, 1.165) is 17.0 Å². The SMILES string of the molecule is Cc1ccc(C(C)n2c(CCl)nc3cc(Cl)cnc32)cc1. The zero-order chi connectivity index (χ0) is 15.0. The van der Waals surface area contributed by atoms with Crippen molar-refractivity contribution < 1.29 is 0 Å². The molecule has 1 unspecified atom stereocenters. The Hall–Kier alpha value is -1.58. The summed E-state index contributed by atoms with van der Waals surface area (Å²) in [5, 5.41) is 0.580. The summed E-state index contributed by atoms with van der Waals surface area (Å²) in [5.41, 5.74) is 4.02. The minimum absolute atomic E-state index is 0.109. The highest BCUT2D eigenvalue weighted by Gasteiger charge is 2.18. The van der Waals surface area contributed by atoms with Gasteiger partial charge in [-0.1, -0.05) is 41.4 Å². The maximum absolute atomic E-state index is 6.06. The average Bonchev–Trinajstić information content (AvgIpc) is 2.84. The summed E-state index contributed by atoms with van der Waals surface area (Å²) in [7, 11) is 0. The summed E-state index contributed by atoms with van der Waals surface area (Å²) in [4.78, 5) is 8.96. The number of aryl methyl sites for hydroxylation is 1. The molecule has 1 aromatic carbocycles. The average molecular weight is 320 g/mol. The van der Waals surface area contributed by atoms with Crippen molar-refractivity contribution in [1.82, 2.24) is 14.5 Å². The number of pyridine rings is 1. The molecule has 21 heavy (non-hydrogen) atoms. The quantitative estimate of drug-likeness (QED) is 0.653. The van der Waals surface area contributed by atoms with Crippen LogP contribution in [0.25, 0.3) is 11.2 Å². The fourth-order valence-corrected chi connectivity index (χ4v) is 2.84. The first kappa shape index (κ1) is 14.4. The number of benzene rings is 1. The number of alkyl halides is 1. The number of hydrogen-bond donors (Lipinski definition) is 0. The van der Waals surface area contributed by atoms with Gasteiger partial charge in [0.1, 0.15) is 11.3 Å². The van der Waals surface area contributed by atoms with Gasteiger partial charge in [0.25, 0.3) is 0 Å². The van der Waals surface area contributed by atoms with E-state index in [2.05, 4.69) is 52.6 Å². The van der Waals surface area contributed by atoms with E-state index in [4.69, 9.17) is 23.2 Å². The van der Waals surface area contributed by atoms with Crippen LogP contribution in [0.15, 0.2) is 36.5 Å². The molecule has 3 rings (SSSR count). The summed E-state index contributed by atoms with van der Waals surface area (Å²) in [6.07, 6.45) is 1.64. The third kappa shape index (κ3) is 2.63. The van der Waals surface area contributed by atoms with Gasteiger partial charge in [0.05, 0.1) is 16.9 Å². The molecule has 0 saturated heterocycles. The smallest absolute Gasteiger partial charge is 0.160 e. The van der Waals surface area contributed by atoms with Gasteiger partial charge in [-0.2, -0.15) is 0 Å². The predicted octanol–water partition coefficient (Wildman–Crippen LogP) is 4.74. The molecule has 0 amide bonds. The summed E-state index contributed by atoms with van der Waals surface area (Å²) < 4.78 is 2.07. The molecule has 5 heteroatoms. The second-order valence-corrected chi connectivity index (χ2v) is 5.82. The molecule has 0 N–H and O–H groups in total. The molecular weight excluding hydrogens is 305 g/mol. The predicted molar refractivity (Wildman–Crippen MR) is 87.1 cm³/mol. The largest absolute Gasteiger partial charge is 0.304 e. The number of nitrogens with zero attached hydrogens (tertiary/aromatic N) is 3. The highest BCUT2D eigenvalue weighted by Crippen LogP contribution is 2.27. The molecule has 0 radical (unpaired) electrons. The van der Waals surface area contributed by atoms with Crippen molar-refractivity contribution in [3.05, 3.63) is 58.5 Å². The third-order valence-electron chi connectivity index (χ3n) is 3.64. The molecule has 0 saturated carbocycles. The Morgan fingerprint density at radius 3 is 2.62 bits per heavy atom. The van der Waals surface area contributed by atoms with Crippen LogP contribution in [0.4, 0.5) is 0 Å². The maximum Gasteiger partial charge on any atom is 0.160 e. The molecule has 0 aliphatic rings. The molecule has 108 valence electrons. The molecule has 2 heterocycles. The van der Waals surface area contributed by atoms with Gasteiger partial charge in [-0.15, -0.1) is 11.6 Å². The fraction of sp³-hybridized carbons (Fsp3) is 0.250. The number of halogens is 2. The highest BCUT2D eigenvalue weighted by molar-refractivity contribution is 6.31. The first-order chi connectivity index (χ1) is 10.1. The summed E-state index contributed by atoms with van der Waals surface area (Å²) >= 11 is 12.0. The standard InChI is InChI=1S/C16H15Cl2N3/c1-10-3-5-12(6-4-10)11(2)21-15(8-17)20-14-7-13(18)9-19-16(14)21/h3-7,9,11H,8H2,1-2H3. The number of aromatic nitrogens is 3. The Balaban J connectivity index is 2.16. The second kappa shape index (κ2) is 5.66. The van der Waals surface area contributed by atoms with Crippen LogP contribution in [-0.4, -0.2) is 14.5 Å². The first-order valence-electron chi connectivity index (χ1n) is 6.75. The van der Waals surface area contributed by atoms with Gasteiger partial charge >= 0.3 is 0 Å². The van der Waals surface area contributed by atoms with Gasteiger partial charge in [0.2, 0.25) is 0 Å². The number of rotatable bonds is 3. The lowest BCUT2D eigenvalue weighted by atomic mass is 10.1. The minimum atomic E-state index is 0.109. The van der Waals surface area contributed by atoms with Crippen molar-refractivity contribution >= 4 is 34.4 Å². The van der Waals surface area contributed by atoms with Crippen LogP contribution in [0.3, 0.4) is 0 Å². The van der Waals surface area contributed by atoms with Crippen LogP contribution < -0.4 is 0 Å². The second-order valence-electron chi connectivity index (χ2n) is 5.11. The Bertz CT molecular complexity index is 778. The Labute approximate surface area is 133 Å². The summed E-state index contributed by atoms with van der Waals surface area (Å²) in [5.74, 6) is 1.14. The Kier molecular flexibility index (Phi) is 3.87. The monoisotopic (exact) mass is 319 g/mol. The topological polar surface area (TPSA) is 30.7 Å². The van der Waals surface area contributed by atoms with Gasteiger partial charge in [-0.3, -0.25) is 0 Å². The minimum Gasteiger partial charge on any atom is -0.304 e. The van der Waals surface area contributed by atoms with Gasteiger partial charge in [-0.25, -0.2) is 9.97 Å². The Morgan fingerprint density at radius 2 is 1.95 bits per heavy atom. The van der Waals surface area contributed by atoms with Crippen molar-refractivity contribution in [3.63, 3.8) is 0 Å². The third-order valence-corrected chi connectivity index (χ3v) is 4.08. The first-order valence-corrected chi connectivity index (χ1v) is 7.66. The molecule has 0 aliphatic heterocycles. The zero-order valence-electron chi connectivity index (χ0n) is 11.8. The van der Waals surface area contributed by atoms with Crippen molar-refractivity contribution in [3.8, 4) is 0 Å². The molecule has 0 aliphatic carbocycles. The number of imidazole rings is 1. The molecule has 0 fully saturated rings. The van der Waals surface area contributed by atoms with Crippen LogP contribution in [0.5, 0.6) is 0 Å². The molecule has 0 bridgehead atoms. The number of fused-ring (bicyclic) bond motifs is 1. The van der Waals surface area contributed by atoms with Gasteiger partial charge in [0.15, 0.2) is 5.65 Å². The molecule has 3 nitrogen and oxygen atoms in total. The zero-order valence-corrected chi connectivity index (χ0v) is 13.4. The molecular formula is C16H15Cl2N3. The van der Waals surface area contributed by atoms with E-state index in [1.807, 2.05) is 6.07 Å². The van der Waals surface area contributed by atoms with Crippen molar-refractivity contribution in [2.24, 2.45) is 0 Å². The van der Waals surface area contributed by atoms with Crippen LogP contribution in [0.2, 0.25) is 5.02 Å². The highest BCUT2D eigenvalue weighted by atomic mass is 35.5. The van der Waals surface area contributed by atoms with E-state index < -0.39 is 0 Å². The van der Waals surface area contributed by atoms with E-state index in [1.54, 1.807) is 6.20 Å². The van der Waals surface area contributed by atoms with E-state index in [0.29, 0.717) is 10.9 Å². The van der Waals surface area contributed by atoms with Crippen LogP contribution in [0.1, 0.15) is 29.9 Å². The lowest BCUT2D eigenvalue weighted by Crippen LogP contribution is -2.10. The summed E-state index contributed by atoms with van der Waals surface area (Å²) in [6, 6.07) is 10.4. The molecule has 3 aromatic rings. The summed E-state index contributed by atoms with van der Waals surface area (Å²) in [6.45, 7) is 4.20. The lowest BCUT2D eigenvalue weighted by Gasteiger charge is -2.17. The maximum atomic E-state index is 6.06. The van der Waals surface area contributed by atoms with Crippen molar-refractivity contribution in [2.45, 2.75) is 25.8 Å². The van der Waals surface area contributed by atoms with E-state index in [-0.39, 0.29) is 6.04 Å². The van der Waals surface area contributed by atoms with Crippen molar-refractivity contribution in [2.75, 3.05) is 0 Å². The molecule has 2 aromatic heterocycles. The van der Waals surface area contributed by atoms with Crippen LogP contribution in [0, 0.1) is 6.92 Å². The van der Waals surface area contributed by atoms with Gasteiger partial charge in [-0.05, 0) is 25.5 Å². The van der Waals surface area contributed by atoms with Gasteiger partial charge < -0.3 is 4.57 Å². The number of hydrogen-bond acceptors (Lipinski definition) is 2. The van der Waals surface area contributed by atoms with Crippen LogP contribution >= 0.6 is 23.2 Å². The molecule has 1 atom stereocenters. The normalized spacial score (nSPS) is 12.8. The van der Waals surface area contributed by atoms with Crippen molar-refractivity contribution in [1.29, 1.82) is 0 Å². The Morgan fingerprint density at radius 1 is 1.24 bits per heavy atom. The van der Waals surface area contributed by atoms with E-state index >= 15 is 0 Å². The molecule has 0 spiro atoms. The fourth-order valence-electron chi connectivity index (χ4n) is 2.50.